The van der Waals surface area contributed by atoms with E-state index in [0.717, 1.165) is 6.07 Å². The van der Waals surface area contributed by atoms with Gasteiger partial charge in [0, 0.05) is 12.6 Å². The van der Waals surface area contributed by atoms with Gasteiger partial charge < -0.3 is 0 Å². The number of hydrogen-bond acceptors (Lipinski definition) is 2. The first kappa shape index (κ1) is 12.5. The molecular formula is C15H10F2N2O. The number of nitrogens with zero attached hydrogens (tertiary/aromatic N) is 2. The fourth-order valence-electron chi connectivity index (χ4n) is 2.10. The third-order valence-corrected chi connectivity index (χ3v) is 3.11. The van der Waals surface area contributed by atoms with E-state index in [4.69, 9.17) is 0 Å². The number of carbonyl (C=O) groups is 1. The van der Waals surface area contributed by atoms with Crippen LogP contribution in [0.3, 0.4) is 0 Å². The number of pyridine rings is 1. The number of benzene rings is 1. The maximum Gasteiger partial charge on any atom is 0.171 e. The molecule has 0 unspecified atom stereocenters. The van der Waals surface area contributed by atoms with E-state index in [-0.39, 0.29) is 17.8 Å². The van der Waals surface area contributed by atoms with Crippen LogP contribution in [0.2, 0.25) is 0 Å². The Bertz CT molecular complexity index is 795. The average Bonchev–Trinajstić information content (AvgIpc) is 2.88. The quantitative estimate of drug-likeness (QED) is 0.687. The Kier molecular flexibility index (Phi) is 3.02. The number of rotatable bonds is 3. The summed E-state index contributed by atoms with van der Waals surface area (Å²) in [7, 11) is 0. The largest absolute Gasteiger partial charge is 0.294 e. The highest BCUT2D eigenvalue weighted by atomic mass is 19.2. The summed E-state index contributed by atoms with van der Waals surface area (Å²) in [5.74, 6) is -2.22. The SMILES string of the molecule is O=C(Cc1cccc(F)c1F)c1cnn2ccccc12. The smallest absolute Gasteiger partial charge is 0.171 e. The van der Waals surface area contributed by atoms with Crippen molar-refractivity contribution in [3.05, 3.63) is 71.6 Å². The van der Waals surface area contributed by atoms with E-state index in [1.807, 2.05) is 0 Å². The second-order valence-electron chi connectivity index (χ2n) is 4.40. The minimum Gasteiger partial charge on any atom is -0.294 e. The molecule has 0 saturated heterocycles. The first-order valence-corrected chi connectivity index (χ1v) is 6.05. The van der Waals surface area contributed by atoms with Gasteiger partial charge >= 0.3 is 0 Å². The van der Waals surface area contributed by atoms with Gasteiger partial charge in [-0.2, -0.15) is 5.10 Å². The van der Waals surface area contributed by atoms with Crippen LogP contribution >= 0.6 is 0 Å². The first-order chi connectivity index (χ1) is 9.66. The summed E-state index contributed by atoms with van der Waals surface area (Å²) in [5, 5.41) is 4.05. The molecule has 0 bridgehead atoms. The highest BCUT2D eigenvalue weighted by molar-refractivity contribution is 6.03. The van der Waals surface area contributed by atoms with E-state index >= 15 is 0 Å². The standard InChI is InChI=1S/C15H10F2N2O/c16-12-5-3-4-10(15(12)17)8-14(20)11-9-18-19-7-2-1-6-13(11)19/h1-7,9H,8H2. The molecule has 0 spiro atoms. The molecule has 3 aromatic rings. The predicted molar refractivity (Wildman–Crippen MR) is 69.6 cm³/mol. The van der Waals surface area contributed by atoms with E-state index in [9.17, 15) is 13.6 Å². The van der Waals surface area contributed by atoms with Crippen LogP contribution in [0.4, 0.5) is 8.78 Å². The molecule has 100 valence electrons. The van der Waals surface area contributed by atoms with E-state index in [0.29, 0.717) is 11.1 Å². The van der Waals surface area contributed by atoms with Gasteiger partial charge in [0.05, 0.1) is 17.3 Å². The molecule has 3 rings (SSSR count). The van der Waals surface area contributed by atoms with Crippen LogP contribution in [0.25, 0.3) is 5.52 Å². The summed E-state index contributed by atoms with van der Waals surface area (Å²) in [5.41, 5.74) is 1.09. The molecule has 0 aliphatic carbocycles. The lowest BCUT2D eigenvalue weighted by Gasteiger charge is -2.02. The molecule has 0 aliphatic heterocycles. The van der Waals surface area contributed by atoms with Crippen molar-refractivity contribution in [2.24, 2.45) is 0 Å². The second kappa shape index (κ2) is 4.85. The van der Waals surface area contributed by atoms with Crippen molar-refractivity contribution in [3.63, 3.8) is 0 Å². The minimum atomic E-state index is -0.975. The number of aromatic nitrogens is 2. The van der Waals surface area contributed by atoms with Crippen molar-refractivity contribution in [2.75, 3.05) is 0 Å². The maximum absolute atomic E-state index is 13.6. The zero-order valence-corrected chi connectivity index (χ0v) is 10.4. The summed E-state index contributed by atoms with van der Waals surface area (Å²) in [6.45, 7) is 0. The number of Topliss-reactive ketones (excluding diaryl/α,β-unsaturated/α-hetero) is 1. The van der Waals surface area contributed by atoms with Crippen LogP contribution in [-0.4, -0.2) is 15.4 Å². The van der Waals surface area contributed by atoms with E-state index in [1.54, 1.807) is 28.9 Å². The van der Waals surface area contributed by atoms with Crippen molar-refractivity contribution in [1.82, 2.24) is 9.61 Å². The molecule has 0 radical (unpaired) electrons. The van der Waals surface area contributed by atoms with Crippen molar-refractivity contribution >= 4 is 11.3 Å². The molecule has 3 nitrogen and oxygen atoms in total. The molecule has 2 aromatic heterocycles. The zero-order valence-electron chi connectivity index (χ0n) is 10.4. The van der Waals surface area contributed by atoms with Gasteiger partial charge in [-0.1, -0.05) is 18.2 Å². The van der Waals surface area contributed by atoms with E-state index in [2.05, 4.69) is 5.10 Å². The van der Waals surface area contributed by atoms with Gasteiger partial charge in [0.25, 0.3) is 0 Å². The highest BCUT2D eigenvalue weighted by Crippen LogP contribution is 2.17. The third-order valence-electron chi connectivity index (χ3n) is 3.11. The Morgan fingerprint density at radius 1 is 1.15 bits per heavy atom. The Hall–Kier alpha value is -2.56. The average molecular weight is 272 g/mol. The monoisotopic (exact) mass is 272 g/mol. The molecule has 0 saturated carbocycles. The number of hydrogen-bond donors (Lipinski definition) is 0. The zero-order chi connectivity index (χ0) is 14.1. The van der Waals surface area contributed by atoms with Gasteiger partial charge in [-0.15, -0.1) is 0 Å². The van der Waals surface area contributed by atoms with Crippen molar-refractivity contribution in [2.45, 2.75) is 6.42 Å². The predicted octanol–water partition coefficient (Wildman–Crippen LogP) is 3.04. The highest BCUT2D eigenvalue weighted by Gasteiger charge is 2.16. The molecule has 2 heterocycles. The minimum absolute atomic E-state index is 0.0466. The number of halogens is 2. The molecule has 5 heteroatoms. The fourth-order valence-corrected chi connectivity index (χ4v) is 2.10. The molecule has 0 atom stereocenters. The Morgan fingerprint density at radius 3 is 2.85 bits per heavy atom. The molecule has 0 aliphatic rings. The van der Waals surface area contributed by atoms with Gasteiger partial charge in [-0.3, -0.25) is 4.79 Å². The van der Waals surface area contributed by atoms with Crippen molar-refractivity contribution in [3.8, 4) is 0 Å². The summed E-state index contributed by atoms with van der Waals surface area (Å²) in [4.78, 5) is 12.2. The normalized spacial score (nSPS) is 10.9. The number of ketones is 1. The maximum atomic E-state index is 13.6. The van der Waals surface area contributed by atoms with Crippen LogP contribution < -0.4 is 0 Å². The Morgan fingerprint density at radius 2 is 2.00 bits per heavy atom. The molecular weight excluding hydrogens is 262 g/mol. The second-order valence-corrected chi connectivity index (χ2v) is 4.40. The lowest BCUT2D eigenvalue weighted by molar-refractivity contribution is 0.0993. The van der Waals surface area contributed by atoms with E-state index in [1.165, 1.54) is 18.3 Å². The molecule has 20 heavy (non-hydrogen) atoms. The van der Waals surface area contributed by atoms with E-state index < -0.39 is 11.6 Å². The fraction of sp³-hybridized carbons (Fsp3) is 0.0667. The summed E-state index contributed by atoms with van der Waals surface area (Å²) in [6.07, 6.45) is 2.96. The van der Waals surface area contributed by atoms with Gasteiger partial charge in [-0.25, -0.2) is 13.3 Å². The number of carbonyl (C=O) groups excluding carboxylic acids is 1. The number of fused-ring (bicyclic) bond motifs is 1. The lowest BCUT2D eigenvalue weighted by atomic mass is 10.0. The molecule has 0 fully saturated rings. The molecule has 0 N–H and O–H groups in total. The Balaban J connectivity index is 1.95. The van der Waals surface area contributed by atoms with Crippen LogP contribution in [0.15, 0.2) is 48.8 Å². The van der Waals surface area contributed by atoms with Crippen molar-refractivity contribution in [1.29, 1.82) is 0 Å². The third kappa shape index (κ3) is 2.07. The summed E-state index contributed by atoms with van der Waals surface area (Å²) < 4.78 is 28.3. The van der Waals surface area contributed by atoms with Gasteiger partial charge in [0.15, 0.2) is 17.4 Å². The first-order valence-electron chi connectivity index (χ1n) is 6.05. The van der Waals surface area contributed by atoms with Crippen LogP contribution in [0.5, 0.6) is 0 Å². The Labute approximate surface area is 113 Å². The summed E-state index contributed by atoms with van der Waals surface area (Å²) in [6, 6.07) is 9.15. The van der Waals surface area contributed by atoms with Gasteiger partial charge in [0.2, 0.25) is 0 Å². The van der Waals surface area contributed by atoms with Gasteiger partial charge in [0.1, 0.15) is 0 Å². The van der Waals surface area contributed by atoms with Gasteiger partial charge in [-0.05, 0) is 23.8 Å². The van der Waals surface area contributed by atoms with Crippen LogP contribution in [-0.2, 0) is 6.42 Å². The summed E-state index contributed by atoms with van der Waals surface area (Å²) >= 11 is 0. The molecule has 1 aromatic carbocycles. The molecule has 0 amide bonds. The van der Waals surface area contributed by atoms with Crippen LogP contribution in [0, 0.1) is 11.6 Å². The van der Waals surface area contributed by atoms with Crippen molar-refractivity contribution < 1.29 is 13.6 Å². The van der Waals surface area contributed by atoms with Crippen LogP contribution in [0.1, 0.15) is 15.9 Å². The topological polar surface area (TPSA) is 34.4 Å². The lowest BCUT2D eigenvalue weighted by Crippen LogP contribution is -2.06.